The molecule has 12 heteroatoms. The maximum atomic E-state index is 13.0. The number of amides is 2. The largest absolute Gasteiger partial charge is 0.505 e. The number of pyridine rings is 1. The first kappa shape index (κ1) is 26.8. The zero-order valence-corrected chi connectivity index (χ0v) is 20.9. The molecule has 1 atom stereocenters. The van der Waals surface area contributed by atoms with Crippen molar-refractivity contribution in [3.63, 3.8) is 0 Å². The number of benzene rings is 2. The maximum Gasteiger partial charge on any atom is 0.319 e. The van der Waals surface area contributed by atoms with Crippen molar-refractivity contribution >= 4 is 39.1 Å². The van der Waals surface area contributed by atoms with Crippen LogP contribution in [0.4, 0.5) is 10.5 Å². The van der Waals surface area contributed by atoms with E-state index in [1.807, 2.05) is 0 Å². The van der Waals surface area contributed by atoms with Crippen molar-refractivity contribution in [1.82, 2.24) is 9.88 Å². The van der Waals surface area contributed by atoms with Crippen molar-refractivity contribution in [2.75, 3.05) is 11.6 Å². The Hall–Kier alpha value is -3.83. The molecule has 10 nitrogen and oxygen atoms in total. The van der Waals surface area contributed by atoms with E-state index in [1.54, 1.807) is 31.2 Å². The number of anilines is 1. The number of carboxylic acid groups (broad SMARTS) is 1. The zero-order chi connectivity index (χ0) is 26.6. The summed E-state index contributed by atoms with van der Waals surface area (Å²) in [5.41, 5.74) is 0.224. The first-order chi connectivity index (χ1) is 16.9. The summed E-state index contributed by atoms with van der Waals surface area (Å²) in [6.07, 6.45) is 1.96. The van der Waals surface area contributed by atoms with Crippen LogP contribution in [-0.2, 0) is 21.2 Å². The summed E-state index contributed by atoms with van der Waals surface area (Å²) in [5.74, 6) is -1.65. The normalized spacial score (nSPS) is 12.1. The van der Waals surface area contributed by atoms with Gasteiger partial charge in [-0.3, -0.25) is 9.59 Å². The Labute approximate surface area is 212 Å². The molecule has 0 radical (unpaired) electrons. The van der Waals surface area contributed by atoms with Crippen molar-refractivity contribution in [2.45, 2.75) is 30.8 Å². The number of rotatable bonds is 8. The molecule has 3 rings (SSSR count). The number of aromatic hydroxyl groups is 1. The van der Waals surface area contributed by atoms with Crippen LogP contribution < -0.4 is 16.2 Å². The first-order valence-electron chi connectivity index (χ1n) is 10.6. The van der Waals surface area contributed by atoms with Crippen LogP contribution in [-0.4, -0.2) is 41.5 Å². The second-order valence-corrected chi connectivity index (χ2v) is 10.6. The number of carbonyl (C=O) groups is 2. The number of carboxylic acids is 1. The molecule has 1 heterocycles. The third kappa shape index (κ3) is 6.43. The molecule has 190 valence electrons. The molecule has 36 heavy (non-hydrogen) atoms. The molecule has 0 aliphatic carbocycles. The molecule has 1 aromatic heterocycles. The number of urea groups is 1. The number of nitrogens with one attached hydrogen (secondary N) is 2. The van der Waals surface area contributed by atoms with Gasteiger partial charge in [-0.2, -0.15) is 0 Å². The van der Waals surface area contributed by atoms with Gasteiger partial charge in [0.15, 0.2) is 15.5 Å². The van der Waals surface area contributed by atoms with Crippen LogP contribution in [0.15, 0.2) is 64.4 Å². The van der Waals surface area contributed by atoms with Crippen LogP contribution in [0.25, 0.3) is 0 Å². The van der Waals surface area contributed by atoms with E-state index in [4.69, 9.17) is 11.6 Å². The smallest absolute Gasteiger partial charge is 0.319 e. The van der Waals surface area contributed by atoms with Gasteiger partial charge in [0.25, 0.3) is 5.56 Å². The molecule has 0 saturated heterocycles. The highest BCUT2D eigenvalue weighted by molar-refractivity contribution is 7.90. The van der Waals surface area contributed by atoms with Gasteiger partial charge in [-0.25, -0.2) is 13.2 Å². The third-order valence-corrected chi connectivity index (χ3v) is 6.86. The maximum absolute atomic E-state index is 13.0. The van der Waals surface area contributed by atoms with Crippen molar-refractivity contribution < 1.29 is 28.2 Å². The molecular formula is C24H24ClN3O7S. The van der Waals surface area contributed by atoms with Crippen molar-refractivity contribution in [3.8, 4) is 5.75 Å². The van der Waals surface area contributed by atoms with E-state index in [9.17, 15) is 33.0 Å². The number of nitrogens with zero attached hydrogens (tertiary/aromatic N) is 1. The molecule has 0 aliphatic heterocycles. The van der Waals surface area contributed by atoms with Crippen LogP contribution in [0.2, 0.25) is 5.02 Å². The van der Waals surface area contributed by atoms with E-state index >= 15 is 0 Å². The Morgan fingerprint density at radius 3 is 2.33 bits per heavy atom. The number of aliphatic carboxylic acids is 1. The molecule has 4 N–H and O–H groups in total. The standard InChI is InChI=1S/C24H24ClN3O7S/c1-14-12-28(13-16-5-3-4-6-18(16)25)23(32)21(22(14)31)27-24(33)26-19(11-20(29)30)15-7-9-17(10-8-15)36(2,34)35/h3-10,12,19,31H,11,13H2,1-2H3,(H,29,30)(H2,26,27,33). The van der Waals surface area contributed by atoms with Crippen LogP contribution in [0.3, 0.4) is 0 Å². The monoisotopic (exact) mass is 533 g/mol. The average Bonchev–Trinajstić information content (AvgIpc) is 2.80. The lowest BCUT2D eigenvalue weighted by atomic mass is 10.0. The minimum Gasteiger partial charge on any atom is -0.505 e. The highest BCUT2D eigenvalue weighted by Gasteiger charge is 2.22. The summed E-state index contributed by atoms with van der Waals surface area (Å²) in [6, 6.07) is 10.3. The number of sulfone groups is 1. The van der Waals surface area contributed by atoms with Crippen LogP contribution in [0, 0.1) is 6.92 Å². The topological polar surface area (TPSA) is 155 Å². The predicted molar refractivity (Wildman–Crippen MR) is 134 cm³/mol. The van der Waals surface area contributed by atoms with Crippen LogP contribution in [0.1, 0.15) is 29.2 Å². The van der Waals surface area contributed by atoms with Gasteiger partial charge in [0.05, 0.1) is 23.9 Å². The summed E-state index contributed by atoms with van der Waals surface area (Å²) in [6.45, 7) is 1.64. The average molecular weight is 534 g/mol. The van der Waals surface area contributed by atoms with Gasteiger partial charge >= 0.3 is 12.0 Å². The summed E-state index contributed by atoms with van der Waals surface area (Å²) in [4.78, 5) is 37.2. The molecule has 0 spiro atoms. The van der Waals surface area contributed by atoms with Gasteiger partial charge in [0, 0.05) is 23.0 Å². The van der Waals surface area contributed by atoms with E-state index in [2.05, 4.69) is 10.6 Å². The number of carbonyl (C=O) groups excluding carboxylic acids is 1. The minimum absolute atomic E-state index is 0.0357. The summed E-state index contributed by atoms with van der Waals surface area (Å²) >= 11 is 6.19. The molecule has 0 bridgehead atoms. The lowest BCUT2D eigenvalue weighted by Gasteiger charge is -2.19. The highest BCUT2D eigenvalue weighted by Crippen LogP contribution is 2.25. The fourth-order valence-corrected chi connectivity index (χ4v) is 4.34. The van der Waals surface area contributed by atoms with Gasteiger partial charge < -0.3 is 25.4 Å². The Morgan fingerprint density at radius 2 is 1.75 bits per heavy atom. The number of aromatic nitrogens is 1. The molecule has 2 amide bonds. The quantitative estimate of drug-likeness (QED) is 0.346. The van der Waals surface area contributed by atoms with Crippen molar-refractivity contribution in [2.24, 2.45) is 0 Å². The molecule has 0 aliphatic rings. The fraction of sp³-hybridized carbons (Fsp3) is 0.208. The van der Waals surface area contributed by atoms with Gasteiger partial charge in [-0.1, -0.05) is 41.9 Å². The van der Waals surface area contributed by atoms with Crippen LogP contribution >= 0.6 is 11.6 Å². The predicted octanol–water partition coefficient (Wildman–Crippen LogP) is 3.31. The van der Waals surface area contributed by atoms with Crippen LogP contribution in [0.5, 0.6) is 5.75 Å². The first-order valence-corrected chi connectivity index (χ1v) is 12.9. The second kappa shape index (κ2) is 10.8. The van der Waals surface area contributed by atoms with Gasteiger partial charge in [-0.05, 0) is 36.2 Å². The van der Waals surface area contributed by atoms with E-state index in [1.165, 1.54) is 35.0 Å². The van der Waals surface area contributed by atoms with Gasteiger partial charge in [-0.15, -0.1) is 0 Å². The molecule has 0 saturated carbocycles. The SMILES string of the molecule is Cc1cn(Cc2ccccc2Cl)c(=O)c(NC(=O)NC(CC(=O)O)c2ccc(S(C)(=O)=O)cc2)c1O. The number of halogens is 1. The van der Waals surface area contributed by atoms with E-state index in [0.29, 0.717) is 21.7 Å². The Morgan fingerprint density at radius 1 is 1.11 bits per heavy atom. The number of aryl methyl sites for hydroxylation is 1. The summed E-state index contributed by atoms with van der Waals surface area (Å²) in [7, 11) is -3.46. The lowest BCUT2D eigenvalue weighted by Crippen LogP contribution is -2.36. The zero-order valence-electron chi connectivity index (χ0n) is 19.4. The number of hydrogen-bond donors (Lipinski definition) is 4. The Bertz CT molecular complexity index is 1470. The van der Waals surface area contributed by atoms with Crippen molar-refractivity contribution in [1.29, 1.82) is 0 Å². The molecule has 2 aromatic carbocycles. The minimum atomic E-state index is -3.46. The van der Waals surface area contributed by atoms with Crippen molar-refractivity contribution in [3.05, 3.63) is 86.8 Å². The lowest BCUT2D eigenvalue weighted by molar-refractivity contribution is -0.137. The van der Waals surface area contributed by atoms with E-state index in [-0.39, 0.29) is 17.1 Å². The van der Waals surface area contributed by atoms with Gasteiger partial charge in [0.1, 0.15) is 5.75 Å². The van der Waals surface area contributed by atoms with E-state index in [0.717, 1.165) is 6.26 Å². The number of hydrogen-bond acceptors (Lipinski definition) is 6. The third-order valence-electron chi connectivity index (χ3n) is 5.37. The molecule has 3 aromatic rings. The second-order valence-electron chi connectivity index (χ2n) is 8.15. The highest BCUT2D eigenvalue weighted by atomic mass is 35.5. The summed E-state index contributed by atoms with van der Waals surface area (Å²) < 4.78 is 24.7. The molecular weight excluding hydrogens is 510 g/mol. The van der Waals surface area contributed by atoms with Gasteiger partial charge in [0.2, 0.25) is 0 Å². The summed E-state index contributed by atoms with van der Waals surface area (Å²) in [5, 5.41) is 24.9. The van der Waals surface area contributed by atoms with E-state index < -0.39 is 45.6 Å². The Kier molecular flexibility index (Phi) is 8.06. The molecule has 0 fully saturated rings. The fourth-order valence-electron chi connectivity index (χ4n) is 3.52. The Balaban J connectivity index is 1.87. The molecule has 1 unspecified atom stereocenters.